The fourth-order valence-corrected chi connectivity index (χ4v) is 3.06. The van der Waals surface area contributed by atoms with Crippen LogP contribution in [0.5, 0.6) is 0 Å². The lowest BCUT2D eigenvalue weighted by molar-refractivity contribution is -0.141. The minimum Gasteiger partial charge on any atom is -0.363 e. The van der Waals surface area contributed by atoms with Crippen molar-refractivity contribution in [2.75, 3.05) is 37.4 Å². The van der Waals surface area contributed by atoms with E-state index in [1.165, 1.54) is 0 Å². The van der Waals surface area contributed by atoms with Gasteiger partial charge in [-0.15, -0.1) is 0 Å². The van der Waals surface area contributed by atoms with Crippen LogP contribution in [0.15, 0.2) is 12.3 Å². The zero-order valence-electron chi connectivity index (χ0n) is 15.8. The Labute approximate surface area is 160 Å². The van der Waals surface area contributed by atoms with Crippen LogP contribution in [0.3, 0.4) is 0 Å². The zero-order valence-corrected chi connectivity index (χ0v) is 15.8. The summed E-state index contributed by atoms with van der Waals surface area (Å²) in [4.78, 5) is 30.6. The molecule has 0 spiro atoms. The van der Waals surface area contributed by atoms with E-state index in [1.807, 2.05) is 25.9 Å². The van der Waals surface area contributed by atoms with Crippen molar-refractivity contribution < 1.29 is 18.0 Å². The molecule has 152 valence electrons. The molecular weight excluding hydrogens is 375 g/mol. The lowest BCUT2D eigenvalue weighted by Crippen LogP contribution is -2.41. The van der Waals surface area contributed by atoms with Crippen molar-refractivity contribution in [2.45, 2.75) is 31.9 Å². The number of nitrogens with one attached hydrogen (secondary N) is 2. The van der Waals surface area contributed by atoms with Crippen molar-refractivity contribution in [1.82, 2.24) is 24.8 Å². The summed E-state index contributed by atoms with van der Waals surface area (Å²) >= 11 is 0. The number of carbonyl (C=O) groups excluding carboxylic acids is 1. The summed E-state index contributed by atoms with van der Waals surface area (Å²) < 4.78 is 38.1. The number of alkyl halides is 3. The SMILES string of the molecule is Cc1cc(N(C)C)nc(NC(=O)N2CCC(c3ncc(C(F)(F)F)[nH]3)CC2)n1. The number of imidazole rings is 1. The fourth-order valence-electron chi connectivity index (χ4n) is 3.06. The van der Waals surface area contributed by atoms with Gasteiger partial charge in [-0.25, -0.2) is 14.8 Å². The van der Waals surface area contributed by atoms with Gasteiger partial charge in [0, 0.05) is 44.9 Å². The molecule has 0 unspecified atom stereocenters. The number of piperidine rings is 1. The van der Waals surface area contributed by atoms with Gasteiger partial charge < -0.3 is 14.8 Å². The van der Waals surface area contributed by atoms with Gasteiger partial charge >= 0.3 is 12.2 Å². The quantitative estimate of drug-likeness (QED) is 0.831. The van der Waals surface area contributed by atoms with Gasteiger partial charge in [-0.1, -0.05) is 0 Å². The van der Waals surface area contributed by atoms with Crippen molar-refractivity contribution in [1.29, 1.82) is 0 Å². The van der Waals surface area contributed by atoms with E-state index in [9.17, 15) is 18.0 Å². The van der Waals surface area contributed by atoms with Crippen LogP contribution in [0, 0.1) is 6.92 Å². The van der Waals surface area contributed by atoms with Crippen molar-refractivity contribution >= 4 is 17.8 Å². The lowest BCUT2D eigenvalue weighted by Gasteiger charge is -2.31. The van der Waals surface area contributed by atoms with Crippen molar-refractivity contribution in [3.05, 3.63) is 29.5 Å². The van der Waals surface area contributed by atoms with Gasteiger partial charge in [0.15, 0.2) is 0 Å². The first-order valence-electron chi connectivity index (χ1n) is 8.84. The van der Waals surface area contributed by atoms with E-state index in [2.05, 4.69) is 25.3 Å². The number of aryl methyl sites for hydroxylation is 1. The molecule has 11 heteroatoms. The Bertz CT molecular complexity index is 842. The van der Waals surface area contributed by atoms with Gasteiger partial charge in [0.05, 0.1) is 6.20 Å². The van der Waals surface area contributed by atoms with Gasteiger partial charge in [0.25, 0.3) is 0 Å². The molecule has 0 aromatic carbocycles. The first-order valence-corrected chi connectivity index (χ1v) is 8.84. The van der Waals surface area contributed by atoms with E-state index in [1.54, 1.807) is 11.0 Å². The Kier molecular flexibility index (Phi) is 5.43. The van der Waals surface area contributed by atoms with Crippen LogP contribution in [0.25, 0.3) is 0 Å². The molecule has 1 aliphatic rings. The van der Waals surface area contributed by atoms with Crippen LogP contribution in [-0.2, 0) is 6.18 Å². The highest BCUT2D eigenvalue weighted by molar-refractivity contribution is 5.87. The second kappa shape index (κ2) is 7.64. The smallest absolute Gasteiger partial charge is 0.363 e. The normalized spacial score (nSPS) is 15.6. The van der Waals surface area contributed by atoms with E-state index in [0.717, 1.165) is 11.9 Å². The second-order valence-electron chi connectivity index (χ2n) is 6.96. The van der Waals surface area contributed by atoms with E-state index >= 15 is 0 Å². The van der Waals surface area contributed by atoms with Crippen LogP contribution in [-0.4, -0.2) is 58.1 Å². The number of anilines is 2. The van der Waals surface area contributed by atoms with Gasteiger partial charge in [-0.2, -0.15) is 18.2 Å². The largest absolute Gasteiger partial charge is 0.432 e. The Morgan fingerprint density at radius 1 is 1.29 bits per heavy atom. The number of aromatic amines is 1. The number of hydrogen-bond acceptors (Lipinski definition) is 5. The molecule has 0 atom stereocenters. The number of hydrogen-bond donors (Lipinski definition) is 2. The van der Waals surface area contributed by atoms with E-state index in [-0.39, 0.29) is 17.9 Å². The molecule has 2 aromatic rings. The third kappa shape index (κ3) is 4.52. The van der Waals surface area contributed by atoms with E-state index < -0.39 is 11.9 Å². The number of carbonyl (C=O) groups is 1. The molecule has 28 heavy (non-hydrogen) atoms. The molecule has 3 heterocycles. The Morgan fingerprint density at radius 2 is 1.96 bits per heavy atom. The molecule has 0 aliphatic carbocycles. The summed E-state index contributed by atoms with van der Waals surface area (Å²) in [5.41, 5.74) is -0.123. The van der Waals surface area contributed by atoms with Crippen LogP contribution >= 0.6 is 0 Å². The zero-order chi connectivity index (χ0) is 20.5. The Balaban J connectivity index is 1.59. The number of aromatic nitrogens is 4. The van der Waals surface area contributed by atoms with Crippen LogP contribution in [0.4, 0.5) is 29.7 Å². The fraction of sp³-hybridized carbons (Fsp3) is 0.529. The number of halogens is 3. The second-order valence-corrected chi connectivity index (χ2v) is 6.96. The summed E-state index contributed by atoms with van der Waals surface area (Å²) in [6.07, 6.45) is -2.58. The summed E-state index contributed by atoms with van der Waals surface area (Å²) in [6, 6.07) is 1.48. The molecule has 2 amide bonds. The molecule has 0 bridgehead atoms. The highest BCUT2D eigenvalue weighted by atomic mass is 19.4. The summed E-state index contributed by atoms with van der Waals surface area (Å²) in [5.74, 6) is 1.07. The third-order valence-electron chi connectivity index (χ3n) is 4.59. The standard InChI is InChI=1S/C17H22F3N7O/c1-10-8-13(26(2)3)24-15(22-10)25-16(28)27-6-4-11(5-7-27)14-21-9-12(23-14)17(18,19)20/h8-9,11H,4-7H2,1-3H3,(H,21,23)(H,22,24,25,28). The summed E-state index contributed by atoms with van der Waals surface area (Å²) in [6.45, 7) is 2.63. The average molecular weight is 397 g/mol. The molecule has 3 rings (SSSR count). The monoisotopic (exact) mass is 397 g/mol. The number of likely N-dealkylation sites (tertiary alicyclic amines) is 1. The number of urea groups is 1. The van der Waals surface area contributed by atoms with Crippen molar-refractivity contribution in [3.63, 3.8) is 0 Å². The van der Waals surface area contributed by atoms with Crippen molar-refractivity contribution in [2.24, 2.45) is 0 Å². The van der Waals surface area contributed by atoms with Crippen LogP contribution in [0.2, 0.25) is 0 Å². The summed E-state index contributed by atoms with van der Waals surface area (Å²) in [5, 5.41) is 2.69. The molecule has 1 saturated heterocycles. The third-order valence-corrected chi connectivity index (χ3v) is 4.59. The predicted octanol–water partition coefficient (Wildman–Crippen LogP) is 3.00. The number of amides is 2. The van der Waals surface area contributed by atoms with Crippen molar-refractivity contribution in [3.8, 4) is 0 Å². The Morgan fingerprint density at radius 3 is 2.54 bits per heavy atom. The highest BCUT2D eigenvalue weighted by Crippen LogP contribution is 2.31. The predicted molar refractivity (Wildman–Crippen MR) is 97.3 cm³/mol. The minimum absolute atomic E-state index is 0.143. The van der Waals surface area contributed by atoms with E-state index in [0.29, 0.717) is 37.6 Å². The lowest BCUT2D eigenvalue weighted by atomic mass is 9.96. The molecule has 2 N–H and O–H groups in total. The first-order chi connectivity index (χ1) is 13.1. The molecule has 0 radical (unpaired) electrons. The number of H-pyrrole nitrogens is 1. The van der Waals surface area contributed by atoms with Gasteiger partial charge in [-0.05, 0) is 19.8 Å². The Hall–Kier alpha value is -2.85. The first kappa shape index (κ1) is 19.9. The molecule has 0 saturated carbocycles. The molecule has 8 nitrogen and oxygen atoms in total. The minimum atomic E-state index is -4.44. The van der Waals surface area contributed by atoms with Gasteiger partial charge in [0.2, 0.25) is 5.95 Å². The highest BCUT2D eigenvalue weighted by Gasteiger charge is 2.34. The molecule has 2 aromatic heterocycles. The number of nitrogens with zero attached hydrogens (tertiary/aromatic N) is 5. The summed E-state index contributed by atoms with van der Waals surface area (Å²) in [7, 11) is 3.69. The molecule has 1 aliphatic heterocycles. The average Bonchev–Trinajstić information content (AvgIpc) is 3.12. The maximum atomic E-state index is 12.7. The van der Waals surface area contributed by atoms with Crippen LogP contribution in [0.1, 0.15) is 36.0 Å². The van der Waals surface area contributed by atoms with E-state index in [4.69, 9.17) is 0 Å². The van der Waals surface area contributed by atoms with Crippen LogP contribution < -0.4 is 10.2 Å². The molecular formula is C17H22F3N7O. The number of rotatable bonds is 3. The maximum Gasteiger partial charge on any atom is 0.432 e. The van der Waals surface area contributed by atoms with Gasteiger partial charge in [-0.3, -0.25) is 5.32 Å². The van der Waals surface area contributed by atoms with Gasteiger partial charge in [0.1, 0.15) is 17.3 Å². The maximum absolute atomic E-state index is 12.7. The molecule has 1 fully saturated rings. The topological polar surface area (TPSA) is 90.0 Å².